The van der Waals surface area contributed by atoms with Crippen LogP contribution in [0.3, 0.4) is 0 Å². The van der Waals surface area contributed by atoms with E-state index in [0.717, 1.165) is 18.2 Å². The lowest BCUT2D eigenvalue weighted by atomic mass is 10.2. The molecule has 104 valence electrons. The van der Waals surface area contributed by atoms with Crippen LogP contribution in [0.4, 0.5) is 0 Å². The molecule has 0 spiro atoms. The number of pyridine rings is 1. The Morgan fingerprint density at radius 3 is 2.84 bits per heavy atom. The number of aromatic nitrogens is 1. The quantitative estimate of drug-likeness (QED) is 0.472. The van der Waals surface area contributed by atoms with Gasteiger partial charge in [-0.25, -0.2) is 4.98 Å². The average molecular weight is 285 g/mol. The van der Waals surface area contributed by atoms with E-state index in [0.29, 0.717) is 24.1 Å². The molecule has 0 atom stereocenters. The average Bonchev–Trinajstić information content (AvgIpc) is 2.38. The van der Waals surface area contributed by atoms with Gasteiger partial charge in [-0.05, 0) is 18.1 Å². The minimum atomic E-state index is -0.464. The number of hydrogen-bond acceptors (Lipinski definition) is 5. The number of halogens is 1. The van der Waals surface area contributed by atoms with Crippen LogP contribution in [0.2, 0.25) is 5.15 Å². The van der Waals surface area contributed by atoms with E-state index in [9.17, 15) is 10.1 Å². The Morgan fingerprint density at radius 1 is 1.63 bits per heavy atom. The van der Waals surface area contributed by atoms with Crippen molar-refractivity contribution in [1.29, 1.82) is 0 Å². The first-order valence-corrected chi connectivity index (χ1v) is 6.33. The molecule has 0 saturated carbocycles. The highest BCUT2D eigenvalue weighted by atomic mass is 35.5. The van der Waals surface area contributed by atoms with E-state index in [1.165, 1.54) is 0 Å². The molecule has 1 rings (SSSR count). The topological polar surface area (TPSA) is 71.3 Å². The Hall–Kier alpha value is -1.82. The molecular formula is C12H17ClN4O2. The van der Waals surface area contributed by atoms with Crippen LogP contribution in [0.5, 0.6) is 0 Å². The highest BCUT2D eigenvalue weighted by Crippen LogP contribution is 2.11. The number of nitrogens with zero attached hydrogens (tertiary/aromatic N) is 3. The summed E-state index contributed by atoms with van der Waals surface area (Å²) in [6.07, 6.45) is 3.53. The summed E-state index contributed by atoms with van der Waals surface area (Å²) in [5.74, 6) is 0.474. The molecule has 1 heterocycles. The van der Waals surface area contributed by atoms with E-state index in [-0.39, 0.29) is 0 Å². The maximum absolute atomic E-state index is 10.6. The van der Waals surface area contributed by atoms with Crippen LogP contribution in [-0.2, 0) is 6.54 Å². The van der Waals surface area contributed by atoms with Gasteiger partial charge in [0, 0.05) is 26.3 Å². The summed E-state index contributed by atoms with van der Waals surface area (Å²) in [6.45, 7) is 3.27. The molecule has 0 aromatic carbocycles. The number of nitro groups is 1. The molecule has 7 heteroatoms. The second-order valence-corrected chi connectivity index (χ2v) is 4.35. The predicted molar refractivity (Wildman–Crippen MR) is 74.1 cm³/mol. The second-order valence-electron chi connectivity index (χ2n) is 3.96. The van der Waals surface area contributed by atoms with Crippen molar-refractivity contribution in [2.75, 3.05) is 13.6 Å². The summed E-state index contributed by atoms with van der Waals surface area (Å²) in [5, 5.41) is 13.9. The molecule has 6 nitrogen and oxygen atoms in total. The maximum Gasteiger partial charge on any atom is 0.274 e. The Bertz CT molecular complexity index is 448. The first-order valence-electron chi connectivity index (χ1n) is 5.95. The molecule has 0 fully saturated rings. The third-order valence-electron chi connectivity index (χ3n) is 2.48. The van der Waals surface area contributed by atoms with Gasteiger partial charge in [0.2, 0.25) is 0 Å². The zero-order valence-electron chi connectivity index (χ0n) is 11.0. The lowest BCUT2D eigenvalue weighted by Crippen LogP contribution is -2.31. The van der Waals surface area contributed by atoms with Crippen molar-refractivity contribution in [3.8, 4) is 0 Å². The van der Waals surface area contributed by atoms with Gasteiger partial charge in [-0.15, -0.1) is 0 Å². The molecule has 0 bridgehead atoms. The van der Waals surface area contributed by atoms with Crippen molar-refractivity contribution in [2.45, 2.75) is 19.9 Å². The van der Waals surface area contributed by atoms with Crippen molar-refractivity contribution < 1.29 is 4.92 Å². The predicted octanol–water partition coefficient (Wildman–Crippen LogP) is 2.24. The molecule has 1 N–H and O–H groups in total. The van der Waals surface area contributed by atoms with E-state index in [1.54, 1.807) is 19.3 Å². The minimum absolute atomic E-state index is 0.431. The largest absolute Gasteiger partial charge is 0.370 e. The summed E-state index contributed by atoms with van der Waals surface area (Å²) < 4.78 is 0. The van der Waals surface area contributed by atoms with Gasteiger partial charge in [-0.2, -0.15) is 0 Å². The van der Waals surface area contributed by atoms with E-state index in [1.807, 2.05) is 17.9 Å². The second kappa shape index (κ2) is 7.58. The molecule has 0 aliphatic rings. The van der Waals surface area contributed by atoms with Crippen molar-refractivity contribution in [3.63, 3.8) is 0 Å². The van der Waals surface area contributed by atoms with Crippen LogP contribution in [0.25, 0.3) is 0 Å². The summed E-state index contributed by atoms with van der Waals surface area (Å²) in [6, 6.07) is 3.56. The van der Waals surface area contributed by atoms with Gasteiger partial charge in [0.15, 0.2) is 5.82 Å². The fourth-order valence-corrected chi connectivity index (χ4v) is 1.79. The smallest absolute Gasteiger partial charge is 0.274 e. The van der Waals surface area contributed by atoms with Gasteiger partial charge in [0.1, 0.15) is 5.15 Å². The normalized spacial score (nSPS) is 11.2. The van der Waals surface area contributed by atoms with Crippen molar-refractivity contribution >= 4 is 11.6 Å². The lowest BCUT2D eigenvalue weighted by molar-refractivity contribution is -0.404. The van der Waals surface area contributed by atoms with E-state index in [2.05, 4.69) is 10.3 Å². The summed E-state index contributed by atoms with van der Waals surface area (Å²) in [7, 11) is 1.66. The molecule has 0 aliphatic heterocycles. The van der Waals surface area contributed by atoms with Crippen LogP contribution >= 0.6 is 11.6 Å². The molecule has 1 aromatic heterocycles. The number of rotatable bonds is 7. The Labute approximate surface area is 117 Å². The zero-order valence-corrected chi connectivity index (χ0v) is 11.7. The molecule has 1 aromatic rings. The van der Waals surface area contributed by atoms with Crippen LogP contribution < -0.4 is 5.32 Å². The third-order valence-corrected chi connectivity index (χ3v) is 2.70. The van der Waals surface area contributed by atoms with Crippen LogP contribution in [0.1, 0.15) is 18.9 Å². The minimum Gasteiger partial charge on any atom is -0.370 e. The summed E-state index contributed by atoms with van der Waals surface area (Å²) in [5.41, 5.74) is 0.947. The van der Waals surface area contributed by atoms with E-state index < -0.39 is 4.92 Å². The molecular weight excluding hydrogens is 268 g/mol. The highest BCUT2D eigenvalue weighted by Gasteiger charge is 2.12. The van der Waals surface area contributed by atoms with Crippen LogP contribution in [-0.4, -0.2) is 28.4 Å². The Kier molecular flexibility index (Phi) is 6.08. The first kappa shape index (κ1) is 15.2. The van der Waals surface area contributed by atoms with Crippen LogP contribution in [0.15, 0.2) is 30.4 Å². The molecule has 19 heavy (non-hydrogen) atoms. The van der Waals surface area contributed by atoms with Crippen molar-refractivity contribution in [1.82, 2.24) is 15.2 Å². The van der Waals surface area contributed by atoms with Crippen LogP contribution in [0, 0.1) is 10.1 Å². The van der Waals surface area contributed by atoms with Gasteiger partial charge in [-0.1, -0.05) is 24.6 Å². The summed E-state index contributed by atoms with van der Waals surface area (Å²) >= 11 is 5.73. The first-order chi connectivity index (χ1) is 9.06. The Morgan fingerprint density at radius 2 is 2.37 bits per heavy atom. The number of hydrogen-bond donors (Lipinski definition) is 1. The molecule has 0 unspecified atom stereocenters. The highest BCUT2D eigenvalue weighted by molar-refractivity contribution is 6.29. The van der Waals surface area contributed by atoms with Crippen molar-refractivity contribution in [3.05, 3.63) is 51.2 Å². The Balaban J connectivity index is 2.87. The fraction of sp³-hybridized carbons (Fsp3) is 0.417. The monoisotopic (exact) mass is 284 g/mol. The van der Waals surface area contributed by atoms with Crippen molar-refractivity contribution in [2.24, 2.45) is 0 Å². The zero-order chi connectivity index (χ0) is 14.3. The SMILES string of the molecule is CCCN(Cc1ccc(Cl)nc1)/C(=C\[N+](=O)[O-])NC. The standard InChI is InChI=1S/C12H17ClN4O2/c1-3-6-16(12(14-2)9-17(18)19)8-10-4-5-11(13)15-7-10/h4-5,7,9,14H,3,6,8H2,1-2H3/b12-9-. The summed E-state index contributed by atoms with van der Waals surface area (Å²) in [4.78, 5) is 16.0. The van der Waals surface area contributed by atoms with E-state index >= 15 is 0 Å². The van der Waals surface area contributed by atoms with Gasteiger partial charge in [0.05, 0.1) is 4.92 Å². The maximum atomic E-state index is 10.6. The molecule has 0 saturated heterocycles. The van der Waals surface area contributed by atoms with Gasteiger partial charge in [-0.3, -0.25) is 10.1 Å². The third kappa shape index (κ3) is 5.13. The molecule has 0 aliphatic carbocycles. The fourth-order valence-electron chi connectivity index (χ4n) is 1.68. The lowest BCUT2D eigenvalue weighted by Gasteiger charge is -2.24. The van der Waals surface area contributed by atoms with Gasteiger partial charge >= 0.3 is 0 Å². The number of nitrogens with one attached hydrogen (secondary N) is 1. The van der Waals surface area contributed by atoms with E-state index in [4.69, 9.17) is 11.6 Å². The molecule has 0 amide bonds. The van der Waals surface area contributed by atoms with Gasteiger partial charge in [0.25, 0.3) is 6.20 Å². The molecule has 0 radical (unpaired) electrons. The van der Waals surface area contributed by atoms with Gasteiger partial charge < -0.3 is 10.2 Å².